The van der Waals surface area contributed by atoms with Crippen molar-refractivity contribution in [2.45, 2.75) is 108 Å². The van der Waals surface area contributed by atoms with E-state index in [0.29, 0.717) is 0 Å². The van der Waals surface area contributed by atoms with Crippen LogP contribution < -0.4 is 0 Å². The Bertz CT molecular complexity index is 2390. The highest BCUT2D eigenvalue weighted by Crippen LogP contribution is 2.46. The molecule has 58 heavy (non-hydrogen) atoms. The highest BCUT2D eigenvalue weighted by molar-refractivity contribution is 6.09. The third-order valence-electron chi connectivity index (χ3n) is 11.4. The highest BCUT2D eigenvalue weighted by Gasteiger charge is 2.28. The molecule has 6 aromatic rings. The first-order valence-electron chi connectivity index (χ1n) is 20.7. The second-order valence-electron chi connectivity index (χ2n) is 18.4. The van der Waals surface area contributed by atoms with Crippen molar-refractivity contribution in [3.63, 3.8) is 0 Å². The van der Waals surface area contributed by atoms with E-state index in [0.717, 1.165) is 22.3 Å². The van der Waals surface area contributed by atoms with Gasteiger partial charge < -0.3 is 0 Å². The zero-order valence-corrected chi connectivity index (χ0v) is 37.4. The molecule has 0 N–H and O–H groups in total. The average molecular weight is 757 g/mol. The van der Waals surface area contributed by atoms with Crippen LogP contribution in [0.15, 0.2) is 109 Å². The second kappa shape index (κ2) is 16.6. The summed E-state index contributed by atoms with van der Waals surface area (Å²) in [6.45, 7) is 32.2. The van der Waals surface area contributed by atoms with E-state index in [4.69, 9.17) is 0 Å². The molecule has 6 aromatic carbocycles. The summed E-state index contributed by atoms with van der Waals surface area (Å²) in [5.74, 6) is 13.8. The normalized spacial score (nSPS) is 12.0. The first-order chi connectivity index (χ1) is 27.3. The summed E-state index contributed by atoms with van der Waals surface area (Å²) < 4.78 is 0. The molecule has 0 aliphatic rings. The first kappa shape index (κ1) is 41.8. The molecule has 0 saturated carbocycles. The second-order valence-corrected chi connectivity index (χ2v) is 18.4. The predicted molar refractivity (Wildman–Crippen MR) is 251 cm³/mol. The summed E-state index contributed by atoms with van der Waals surface area (Å²) in [5, 5.41) is 0. The van der Waals surface area contributed by atoms with Crippen molar-refractivity contribution < 1.29 is 0 Å². The average Bonchev–Trinajstić information content (AvgIpc) is 3.14. The molecule has 0 spiro atoms. The molecule has 0 aliphatic heterocycles. The van der Waals surface area contributed by atoms with Crippen molar-refractivity contribution in [2.75, 3.05) is 0 Å². The van der Waals surface area contributed by atoms with Crippen LogP contribution in [0.5, 0.6) is 0 Å². The summed E-state index contributed by atoms with van der Waals surface area (Å²) >= 11 is 0. The van der Waals surface area contributed by atoms with Gasteiger partial charge in [0.05, 0.1) is 0 Å². The van der Waals surface area contributed by atoms with E-state index in [-0.39, 0.29) is 10.8 Å². The Balaban J connectivity index is 1.78. The zero-order valence-electron chi connectivity index (χ0n) is 37.4. The van der Waals surface area contributed by atoms with Crippen LogP contribution in [0.2, 0.25) is 0 Å². The highest BCUT2D eigenvalue weighted by atomic mass is 14.3. The topological polar surface area (TPSA) is 0 Å². The van der Waals surface area contributed by atoms with Crippen LogP contribution in [0.4, 0.5) is 0 Å². The first-order valence-corrected chi connectivity index (χ1v) is 20.7. The fourth-order valence-corrected chi connectivity index (χ4v) is 8.52. The van der Waals surface area contributed by atoms with Gasteiger partial charge in [-0.25, -0.2) is 0 Å². The quantitative estimate of drug-likeness (QED) is 0.124. The van der Waals surface area contributed by atoms with Crippen molar-refractivity contribution in [3.8, 4) is 23.7 Å². The van der Waals surface area contributed by atoms with Gasteiger partial charge in [-0.05, 0) is 204 Å². The standard InChI is InChI=1S/C58H60/c1-37-29-47(27-25-45-21-17-15-18-22-45)30-38(2)51(37)55(53-41(5)33-49(34-42(53)6)57(9,10)11)56(54-43(7)35-50(36-44(54)8)58(12,13)14)52-39(3)31-48(32-40(52)4)28-26-46-23-19-16-20-24-46/h15-24,29-36H,1-14H3/b56-55-. The largest absolute Gasteiger partial charge is 0.0622 e. The molecule has 6 rings (SSSR count). The Hall–Kier alpha value is -5.82. The molecule has 0 nitrogen and oxygen atoms in total. The minimum atomic E-state index is 0.0193. The summed E-state index contributed by atoms with van der Waals surface area (Å²) in [6.07, 6.45) is 0. The van der Waals surface area contributed by atoms with Crippen molar-refractivity contribution in [3.05, 3.63) is 209 Å². The van der Waals surface area contributed by atoms with Crippen LogP contribution in [0.1, 0.15) is 142 Å². The van der Waals surface area contributed by atoms with Gasteiger partial charge in [0.15, 0.2) is 0 Å². The van der Waals surface area contributed by atoms with Crippen molar-refractivity contribution in [1.82, 2.24) is 0 Å². The summed E-state index contributed by atoms with van der Waals surface area (Å²) in [4.78, 5) is 0. The van der Waals surface area contributed by atoms with Crippen molar-refractivity contribution in [1.29, 1.82) is 0 Å². The van der Waals surface area contributed by atoms with Crippen LogP contribution in [0.25, 0.3) is 11.1 Å². The van der Waals surface area contributed by atoms with Gasteiger partial charge in [-0.3, -0.25) is 0 Å². The molecule has 292 valence electrons. The van der Waals surface area contributed by atoms with E-state index in [1.807, 2.05) is 36.4 Å². The summed E-state index contributed by atoms with van der Waals surface area (Å²) in [6, 6.07) is 39.4. The number of benzene rings is 6. The molecule has 0 unspecified atom stereocenters. The SMILES string of the molecule is Cc1cc(C#Cc2ccccc2)cc(C)c1/C(=C(\c1c(C)cc(C#Cc2ccccc2)cc1C)c1c(C)cc(C(C)(C)C)cc1C)c1c(C)cc(C(C)(C)C)cc1C. The Morgan fingerprint density at radius 1 is 0.310 bits per heavy atom. The molecule has 0 radical (unpaired) electrons. The predicted octanol–water partition coefficient (Wildman–Crippen LogP) is 14.6. The Morgan fingerprint density at radius 3 is 0.776 bits per heavy atom. The van der Waals surface area contributed by atoms with Gasteiger partial charge in [0.1, 0.15) is 0 Å². The van der Waals surface area contributed by atoms with Crippen LogP contribution in [0, 0.1) is 79.1 Å². The van der Waals surface area contributed by atoms with Crippen LogP contribution in [-0.4, -0.2) is 0 Å². The van der Waals surface area contributed by atoms with E-state index in [9.17, 15) is 0 Å². The summed E-state index contributed by atoms with van der Waals surface area (Å²) in [7, 11) is 0. The minimum Gasteiger partial charge on any atom is -0.0622 e. The lowest BCUT2D eigenvalue weighted by Crippen LogP contribution is -2.15. The lowest BCUT2D eigenvalue weighted by Gasteiger charge is -2.30. The van der Waals surface area contributed by atoms with Gasteiger partial charge in [0.25, 0.3) is 0 Å². The maximum atomic E-state index is 3.50. The van der Waals surface area contributed by atoms with Crippen LogP contribution >= 0.6 is 0 Å². The smallest absolute Gasteiger partial charge is 0.0254 e. The number of hydrogen-bond donors (Lipinski definition) is 0. The van der Waals surface area contributed by atoms with Gasteiger partial charge in [0, 0.05) is 22.3 Å². The fraction of sp³-hybridized carbons (Fsp3) is 0.276. The lowest BCUT2D eigenvalue weighted by atomic mass is 9.74. The van der Waals surface area contributed by atoms with Gasteiger partial charge in [-0.15, -0.1) is 0 Å². The number of rotatable bonds is 4. The molecular weight excluding hydrogens is 697 g/mol. The maximum absolute atomic E-state index is 3.50. The monoisotopic (exact) mass is 756 g/mol. The lowest BCUT2D eigenvalue weighted by molar-refractivity contribution is 0.589. The zero-order chi connectivity index (χ0) is 42.1. The van der Waals surface area contributed by atoms with Crippen molar-refractivity contribution in [2.24, 2.45) is 0 Å². The van der Waals surface area contributed by atoms with Crippen molar-refractivity contribution >= 4 is 11.1 Å². The molecule has 0 heteroatoms. The van der Waals surface area contributed by atoms with Gasteiger partial charge in [-0.2, -0.15) is 0 Å². The van der Waals surface area contributed by atoms with Crippen LogP contribution in [-0.2, 0) is 10.8 Å². The molecule has 0 bridgehead atoms. The van der Waals surface area contributed by atoms with E-state index < -0.39 is 0 Å². The van der Waals surface area contributed by atoms with Gasteiger partial charge >= 0.3 is 0 Å². The molecule has 0 aromatic heterocycles. The Kier molecular flexibility index (Phi) is 11.9. The number of aryl methyl sites for hydroxylation is 8. The molecule has 0 heterocycles. The van der Waals surface area contributed by atoms with E-state index in [2.05, 4.69) is 193 Å². The maximum Gasteiger partial charge on any atom is 0.0254 e. The number of hydrogen-bond acceptors (Lipinski definition) is 0. The molecule has 0 saturated heterocycles. The molecule has 0 fully saturated rings. The molecule has 0 amide bonds. The Morgan fingerprint density at radius 2 is 0.534 bits per heavy atom. The van der Waals surface area contributed by atoms with Gasteiger partial charge in [-0.1, -0.05) is 126 Å². The Labute approximate surface area is 350 Å². The van der Waals surface area contributed by atoms with E-state index in [1.165, 1.54) is 89.0 Å². The minimum absolute atomic E-state index is 0.0193. The fourth-order valence-electron chi connectivity index (χ4n) is 8.52. The van der Waals surface area contributed by atoms with Crippen LogP contribution in [0.3, 0.4) is 0 Å². The summed E-state index contributed by atoms with van der Waals surface area (Å²) in [5.41, 5.74) is 24.5. The van der Waals surface area contributed by atoms with E-state index >= 15 is 0 Å². The molecule has 0 atom stereocenters. The van der Waals surface area contributed by atoms with E-state index in [1.54, 1.807) is 0 Å². The van der Waals surface area contributed by atoms with Gasteiger partial charge in [0.2, 0.25) is 0 Å². The molecule has 0 aliphatic carbocycles. The third-order valence-corrected chi connectivity index (χ3v) is 11.4. The molecular formula is C58H60. The third kappa shape index (κ3) is 8.99.